The highest BCUT2D eigenvalue weighted by Crippen LogP contribution is 2.41. The van der Waals surface area contributed by atoms with Crippen molar-refractivity contribution in [1.29, 1.82) is 0 Å². The van der Waals surface area contributed by atoms with Crippen LogP contribution in [-0.2, 0) is 4.74 Å². The fourth-order valence-corrected chi connectivity index (χ4v) is 5.75. The molecule has 3 heterocycles. The molecule has 2 unspecified atom stereocenters. The molecule has 2 aliphatic heterocycles. The van der Waals surface area contributed by atoms with Gasteiger partial charge in [0.1, 0.15) is 23.0 Å². The molecule has 0 spiro atoms. The van der Waals surface area contributed by atoms with Crippen molar-refractivity contribution < 1.29 is 23.4 Å². The Morgan fingerprint density at radius 3 is 2.71 bits per heavy atom. The Morgan fingerprint density at radius 2 is 1.97 bits per heavy atom. The third-order valence-electron chi connectivity index (χ3n) is 6.66. The largest absolute Gasteiger partial charge is 0.492 e. The maximum atomic E-state index is 12.8. The lowest BCUT2D eigenvalue weighted by molar-refractivity contribution is 0.0150. The first-order chi connectivity index (χ1) is 16.7. The van der Waals surface area contributed by atoms with Gasteiger partial charge in [0.15, 0.2) is 12.0 Å². The van der Waals surface area contributed by atoms with Crippen LogP contribution in [-0.4, -0.2) is 50.7 Å². The standard InChI is InChI=1S/C27H30FNO4S/c28-16-19-10-11-29(17-19)12-14-31-21-5-7-22(8-6-21)33-27-23-9-4-20(24-3-1-2-13-32-24)15-25(23)34-26(27)18-30/h4-9,15,18-19,24H,1-3,10-14,16-17H2. The van der Waals surface area contributed by atoms with Crippen LogP contribution in [0.5, 0.6) is 17.2 Å². The zero-order valence-electron chi connectivity index (χ0n) is 19.2. The topological polar surface area (TPSA) is 48.0 Å². The number of hydrogen-bond donors (Lipinski definition) is 0. The van der Waals surface area contributed by atoms with Gasteiger partial charge in [0.2, 0.25) is 0 Å². The Hall–Kier alpha value is -2.48. The number of carbonyl (C=O) groups excluding carboxylic acids is 1. The molecule has 2 aromatic carbocycles. The maximum absolute atomic E-state index is 12.8. The van der Waals surface area contributed by atoms with E-state index in [4.69, 9.17) is 14.2 Å². The Labute approximate surface area is 203 Å². The molecule has 0 saturated carbocycles. The first-order valence-corrected chi connectivity index (χ1v) is 12.9. The number of halogens is 1. The number of carbonyl (C=O) groups is 1. The molecular weight excluding hydrogens is 453 g/mol. The van der Waals surface area contributed by atoms with Gasteiger partial charge in [-0.1, -0.05) is 6.07 Å². The number of ether oxygens (including phenoxy) is 3. The fraction of sp³-hybridized carbons (Fsp3) is 0.444. The smallest absolute Gasteiger partial charge is 0.163 e. The number of hydrogen-bond acceptors (Lipinski definition) is 6. The molecule has 0 amide bonds. The molecule has 2 saturated heterocycles. The number of benzene rings is 2. The highest BCUT2D eigenvalue weighted by Gasteiger charge is 2.22. The van der Waals surface area contributed by atoms with E-state index in [9.17, 15) is 9.18 Å². The molecule has 1 aromatic heterocycles. The van der Waals surface area contributed by atoms with Crippen molar-refractivity contribution in [3.63, 3.8) is 0 Å². The van der Waals surface area contributed by atoms with E-state index in [2.05, 4.69) is 17.0 Å². The highest BCUT2D eigenvalue weighted by molar-refractivity contribution is 7.21. The van der Waals surface area contributed by atoms with E-state index >= 15 is 0 Å². The average molecular weight is 484 g/mol. The number of likely N-dealkylation sites (tertiary alicyclic amines) is 1. The molecule has 34 heavy (non-hydrogen) atoms. The van der Waals surface area contributed by atoms with E-state index in [0.717, 1.165) is 73.2 Å². The van der Waals surface area contributed by atoms with Crippen LogP contribution in [0.1, 0.15) is 47.0 Å². The molecule has 3 aromatic rings. The van der Waals surface area contributed by atoms with Gasteiger partial charge >= 0.3 is 0 Å². The molecule has 2 aliphatic rings. The van der Waals surface area contributed by atoms with Gasteiger partial charge in [-0.3, -0.25) is 14.1 Å². The van der Waals surface area contributed by atoms with Crippen LogP contribution in [0.25, 0.3) is 10.1 Å². The summed E-state index contributed by atoms with van der Waals surface area (Å²) in [4.78, 5) is 14.6. The van der Waals surface area contributed by atoms with Gasteiger partial charge in [-0.15, -0.1) is 11.3 Å². The summed E-state index contributed by atoms with van der Waals surface area (Å²) >= 11 is 1.45. The van der Waals surface area contributed by atoms with E-state index in [1.165, 1.54) is 17.8 Å². The summed E-state index contributed by atoms with van der Waals surface area (Å²) in [6, 6.07) is 13.7. The van der Waals surface area contributed by atoms with Crippen molar-refractivity contribution in [3.8, 4) is 17.2 Å². The van der Waals surface area contributed by atoms with Crippen LogP contribution in [0.3, 0.4) is 0 Å². The fourth-order valence-electron chi connectivity index (χ4n) is 4.75. The minimum absolute atomic E-state index is 0.132. The molecule has 180 valence electrons. The minimum Gasteiger partial charge on any atom is -0.492 e. The van der Waals surface area contributed by atoms with Crippen LogP contribution >= 0.6 is 11.3 Å². The minimum atomic E-state index is -0.236. The zero-order valence-corrected chi connectivity index (χ0v) is 20.0. The van der Waals surface area contributed by atoms with Crippen molar-refractivity contribution >= 4 is 27.7 Å². The van der Waals surface area contributed by atoms with Crippen molar-refractivity contribution in [1.82, 2.24) is 4.90 Å². The summed E-state index contributed by atoms with van der Waals surface area (Å²) in [5, 5.41) is 0.934. The van der Waals surface area contributed by atoms with Gasteiger partial charge in [0.25, 0.3) is 0 Å². The number of nitrogens with zero attached hydrogens (tertiary/aromatic N) is 1. The third kappa shape index (κ3) is 5.27. The number of thiophene rings is 1. The molecule has 5 rings (SSSR count). The van der Waals surface area contributed by atoms with Gasteiger partial charge in [-0.05, 0) is 74.2 Å². The Balaban J connectivity index is 1.23. The van der Waals surface area contributed by atoms with Crippen molar-refractivity contribution in [2.24, 2.45) is 5.92 Å². The molecule has 7 heteroatoms. The molecular formula is C27H30FNO4S. The van der Waals surface area contributed by atoms with E-state index < -0.39 is 0 Å². The summed E-state index contributed by atoms with van der Waals surface area (Å²) in [5.74, 6) is 2.18. The Morgan fingerprint density at radius 1 is 1.12 bits per heavy atom. The molecule has 0 radical (unpaired) electrons. The maximum Gasteiger partial charge on any atom is 0.163 e. The SMILES string of the molecule is O=Cc1sc2cc(C3CCCCO3)ccc2c1Oc1ccc(OCCN2CCC(CF)C2)cc1. The summed E-state index contributed by atoms with van der Waals surface area (Å²) in [5.41, 5.74) is 1.16. The van der Waals surface area contributed by atoms with Gasteiger partial charge in [0, 0.05) is 35.7 Å². The summed E-state index contributed by atoms with van der Waals surface area (Å²) < 4.78 is 31.7. The van der Waals surface area contributed by atoms with Gasteiger partial charge < -0.3 is 14.2 Å². The van der Waals surface area contributed by atoms with Gasteiger partial charge in [-0.25, -0.2) is 0 Å². The number of rotatable bonds is 9. The van der Waals surface area contributed by atoms with Gasteiger partial charge in [0.05, 0.1) is 12.8 Å². The lowest BCUT2D eigenvalue weighted by atomic mass is 10.0. The van der Waals surface area contributed by atoms with Crippen molar-refractivity contribution in [3.05, 3.63) is 52.9 Å². The third-order valence-corrected chi connectivity index (χ3v) is 7.72. The molecule has 0 bridgehead atoms. The van der Waals surface area contributed by atoms with E-state index in [1.54, 1.807) is 0 Å². The summed E-state index contributed by atoms with van der Waals surface area (Å²) in [6.45, 7) is 3.69. The average Bonchev–Trinajstić information content (AvgIpc) is 3.49. The molecule has 2 atom stereocenters. The number of aldehydes is 1. The predicted octanol–water partition coefficient (Wildman–Crippen LogP) is 6.42. The second-order valence-electron chi connectivity index (χ2n) is 9.06. The van der Waals surface area contributed by atoms with E-state index in [1.807, 2.05) is 30.3 Å². The van der Waals surface area contributed by atoms with E-state index in [-0.39, 0.29) is 18.7 Å². The van der Waals surface area contributed by atoms with Crippen molar-refractivity contribution in [2.75, 3.05) is 39.5 Å². The second kappa shape index (κ2) is 10.8. The quantitative estimate of drug-likeness (QED) is 0.329. The normalized spacial score (nSPS) is 21.1. The van der Waals surface area contributed by atoms with Crippen LogP contribution in [0.4, 0.5) is 4.39 Å². The van der Waals surface area contributed by atoms with Crippen LogP contribution in [0.15, 0.2) is 42.5 Å². The van der Waals surface area contributed by atoms with Gasteiger partial charge in [-0.2, -0.15) is 0 Å². The predicted molar refractivity (Wildman–Crippen MR) is 132 cm³/mol. The van der Waals surface area contributed by atoms with E-state index in [0.29, 0.717) is 23.0 Å². The number of fused-ring (bicyclic) bond motifs is 1. The van der Waals surface area contributed by atoms with Crippen LogP contribution < -0.4 is 9.47 Å². The zero-order chi connectivity index (χ0) is 23.3. The first-order valence-electron chi connectivity index (χ1n) is 12.1. The highest BCUT2D eigenvalue weighted by atomic mass is 32.1. The summed E-state index contributed by atoms with van der Waals surface area (Å²) in [7, 11) is 0. The molecule has 2 fully saturated rings. The monoisotopic (exact) mass is 483 g/mol. The van der Waals surface area contributed by atoms with Crippen LogP contribution in [0, 0.1) is 5.92 Å². The first kappa shape index (κ1) is 23.3. The molecule has 0 aliphatic carbocycles. The molecule has 5 nitrogen and oxygen atoms in total. The Kier molecular flexibility index (Phi) is 7.42. The van der Waals surface area contributed by atoms with Crippen molar-refractivity contribution in [2.45, 2.75) is 31.8 Å². The number of alkyl halides is 1. The molecule has 0 N–H and O–H groups in total. The summed E-state index contributed by atoms with van der Waals surface area (Å²) in [6.07, 6.45) is 5.25. The lowest BCUT2D eigenvalue weighted by Crippen LogP contribution is -2.26. The lowest BCUT2D eigenvalue weighted by Gasteiger charge is -2.22. The second-order valence-corrected chi connectivity index (χ2v) is 10.1. The van der Waals surface area contributed by atoms with Crippen LogP contribution in [0.2, 0.25) is 0 Å². The Bertz CT molecular complexity index is 1110.